The lowest BCUT2D eigenvalue weighted by atomic mass is 10.1. The lowest BCUT2D eigenvalue weighted by Crippen LogP contribution is -2.32. The highest BCUT2D eigenvalue weighted by Crippen LogP contribution is 2.39. The standard InChI is InChI=1S/C18H21N5O4S/c1-4-28(25,26)12-7-11(15-22-18(27-23-15)10-5-6-10)8-19-14(12)16-20-13(9(2)3)17(24)21-16/h7-10,13H,4-6H2,1-3H3,(H,20,21,24). The average Bonchev–Trinajstić information content (AvgIpc) is 3.26. The van der Waals surface area contributed by atoms with Gasteiger partial charge in [0.05, 0.1) is 10.6 Å². The molecule has 1 aliphatic carbocycles. The van der Waals surface area contributed by atoms with Gasteiger partial charge in [0.25, 0.3) is 5.91 Å². The predicted octanol–water partition coefficient (Wildman–Crippen LogP) is 1.70. The van der Waals surface area contributed by atoms with Gasteiger partial charge in [-0.25, -0.2) is 8.42 Å². The largest absolute Gasteiger partial charge is 0.339 e. The molecule has 0 saturated heterocycles. The number of rotatable bonds is 6. The Morgan fingerprint density at radius 2 is 2.07 bits per heavy atom. The van der Waals surface area contributed by atoms with Crippen LogP contribution in [0.25, 0.3) is 11.4 Å². The number of sulfone groups is 1. The van der Waals surface area contributed by atoms with E-state index < -0.39 is 15.9 Å². The van der Waals surface area contributed by atoms with Gasteiger partial charge in [0, 0.05) is 17.7 Å². The van der Waals surface area contributed by atoms with Crippen LogP contribution >= 0.6 is 0 Å². The molecule has 0 spiro atoms. The zero-order valence-corrected chi connectivity index (χ0v) is 16.7. The Morgan fingerprint density at radius 1 is 1.32 bits per heavy atom. The SMILES string of the molecule is CCS(=O)(=O)c1cc(-c2noc(C3CC3)n2)cnc1C1=NC(C(C)C)C(=O)N1. The first-order chi connectivity index (χ1) is 13.3. The summed E-state index contributed by atoms with van der Waals surface area (Å²) in [5, 5.41) is 6.61. The van der Waals surface area contributed by atoms with Gasteiger partial charge in [0.15, 0.2) is 15.7 Å². The van der Waals surface area contributed by atoms with Crippen LogP contribution in [0.5, 0.6) is 0 Å². The molecule has 1 atom stereocenters. The second-order valence-electron chi connectivity index (χ2n) is 7.36. The monoisotopic (exact) mass is 403 g/mol. The molecule has 1 amide bonds. The molecule has 0 aromatic carbocycles. The molecule has 3 heterocycles. The van der Waals surface area contributed by atoms with Crippen molar-refractivity contribution in [1.82, 2.24) is 20.4 Å². The number of nitrogens with zero attached hydrogens (tertiary/aromatic N) is 4. The third-order valence-electron chi connectivity index (χ3n) is 4.83. The Kier molecular flexibility index (Phi) is 4.53. The van der Waals surface area contributed by atoms with E-state index in [0.29, 0.717) is 23.2 Å². The molecule has 28 heavy (non-hydrogen) atoms. The number of hydrogen-bond donors (Lipinski definition) is 1. The Morgan fingerprint density at radius 3 is 2.68 bits per heavy atom. The minimum Gasteiger partial charge on any atom is -0.339 e. The third-order valence-corrected chi connectivity index (χ3v) is 6.57. The van der Waals surface area contributed by atoms with Gasteiger partial charge in [0.2, 0.25) is 11.7 Å². The van der Waals surface area contributed by atoms with Crippen LogP contribution in [-0.2, 0) is 14.6 Å². The summed E-state index contributed by atoms with van der Waals surface area (Å²) >= 11 is 0. The maximum Gasteiger partial charge on any atom is 0.250 e. The number of hydrogen-bond acceptors (Lipinski definition) is 8. The molecular formula is C18H21N5O4S. The van der Waals surface area contributed by atoms with Crippen LogP contribution in [0.4, 0.5) is 0 Å². The molecule has 10 heteroatoms. The van der Waals surface area contributed by atoms with Gasteiger partial charge in [-0.05, 0) is 24.8 Å². The highest BCUT2D eigenvalue weighted by Gasteiger charge is 2.34. The lowest BCUT2D eigenvalue weighted by Gasteiger charge is -2.09. The molecule has 1 saturated carbocycles. The molecule has 0 bridgehead atoms. The Balaban J connectivity index is 1.78. The van der Waals surface area contributed by atoms with Crippen molar-refractivity contribution in [2.75, 3.05) is 5.75 Å². The first-order valence-corrected chi connectivity index (χ1v) is 10.9. The van der Waals surface area contributed by atoms with Crippen LogP contribution in [0, 0.1) is 5.92 Å². The van der Waals surface area contributed by atoms with Crippen molar-refractivity contribution in [2.24, 2.45) is 10.9 Å². The van der Waals surface area contributed by atoms with Gasteiger partial charge in [-0.3, -0.25) is 14.8 Å². The quantitative estimate of drug-likeness (QED) is 0.777. The van der Waals surface area contributed by atoms with E-state index in [1.807, 2.05) is 13.8 Å². The van der Waals surface area contributed by atoms with Crippen molar-refractivity contribution >= 4 is 21.6 Å². The van der Waals surface area contributed by atoms with Crippen molar-refractivity contribution in [1.29, 1.82) is 0 Å². The number of pyridine rings is 1. The minimum absolute atomic E-state index is 0.00581. The molecule has 0 radical (unpaired) electrons. The summed E-state index contributed by atoms with van der Waals surface area (Å²) < 4.78 is 30.7. The molecule has 148 valence electrons. The summed E-state index contributed by atoms with van der Waals surface area (Å²) in [6.45, 7) is 5.31. The fourth-order valence-corrected chi connectivity index (χ4v) is 4.04. The van der Waals surface area contributed by atoms with Crippen LogP contribution in [0.15, 0.2) is 26.7 Å². The van der Waals surface area contributed by atoms with Gasteiger partial charge in [0.1, 0.15) is 11.7 Å². The van der Waals surface area contributed by atoms with E-state index in [1.54, 1.807) is 6.92 Å². The molecule has 1 N–H and O–H groups in total. The second-order valence-corrected chi connectivity index (χ2v) is 9.61. The number of carbonyl (C=O) groups is 1. The molecular weight excluding hydrogens is 382 g/mol. The Hall–Kier alpha value is -2.62. The molecule has 4 rings (SSSR count). The normalized spacial score (nSPS) is 19.8. The van der Waals surface area contributed by atoms with Gasteiger partial charge in [-0.2, -0.15) is 4.98 Å². The van der Waals surface area contributed by atoms with Crippen molar-refractivity contribution in [2.45, 2.75) is 50.5 Å². The molecule has 2 aromatic rings. The molecule has 1 aliphatic heterocycles. The number of amidine groups is 1. The van der Waals surface area contributed by atoms with Crippen LogP contribution < -0.4 is 5.32 Å². The highest BCUT2D eigenvalue weighted by molar-refractivity contribution is 7.91. The summed E-state index contributed by atoms with van der Waals surface area (Å²) in [6, 6.07) is 0.909. The minimum atomic E-state index is -3.63. The molecule has 1 unspecified atom stereocenters. The van der Waals surface area contributed by atoms with Gasteiger partial charge >= 0.3 is 0 Å². The van der Waals surface area contributed by atoms with E-state index in [0.717, 1.165) is 12.8 Å². The Bertz CT molecular complexity index is 1070. The summed E-state index contributed by atoms with van der Waals surface area (Å²) in [4.78, 5) is 25.2. The van der Waals surface area contributed by atoms with Crippen LogP contribution in [0.3, 0.4) is 0 Å². The van der Waals surface area contributed by atoms with Gasteiger partial charge in [-0.15, -0.1) is 0 Å². The van der Waals surface area contributed by atoms with Crippen LogP contribution in [0.2, 0.25) is 0 Å². The molecule has 1 fully saturated rings. The van der Waals surface area contributed by atoms with Crippen molar-refractivity contribution in [3.8, 4) is 11.4 Å². The summed E-state index contributed by atoms with van der Waals surface area (Å²) in [7, 11) is -3.63. The summed E-state index contributed by atoms with van der Waals surface area (Å²) in [5.41, 5.74) is 0.574. The molecule has 9 nitrogen and oxygen atoms in total. The van der Waals surface area contributed by atoms with E-state index in [-0.39, 0.29) is 34.0 Å². The Labute approximate surface area is 162 Å². The zero-order chi connectivity index (χ0) is 20.1. The van der Waals surface area contributed by atoms with Gasteiger partial charge in [-0.1, -0.05) is 25.9 Å². The van der Waals surface area contributed by atoms with Crippen molar-refractivity contribution in [3.05, 3.63) is 23.8 Å². The number of aliphatic imine (C=N–C) groups is 1. The van der Waals surface area contributed by atoms with Crippen LogP contribution in [-0.4, -0.2) is 47.1 Å². The zero-order valence-electron chi connectivity index (χ0n) is 15.8. The number of aromatic nitrogens is 3. The predicted molar refractivity (Wildman–Crippen MR) is 101 cm³/mol. The molecule has 2 aliphatic rings. The number of carbonyl (C=O) groups excluding carboxylic acids is 1. The highest BCUT2D eigenvalue weighted by atomic mass is 32.2. The molecule has 2 aromatic heterocycles. The van der Waals surface area contributed by atoms with Crippen molar-refractivity contribution in [3.63, 3.8) is 0 Å². The fourth-order valence-electron chi connectivity index (χ4n) is 2.98. The fraction of sp³-hybridized carbons (Fsp3) is 0.500. The van der Waals surface area contributed by atoms with E-state index in [2.05, 4.69) is 25.4 Å². The first kappa shape index (κ1) is 18.7. The van der Waals surface area contributed by atoms with Gasteiger partial charge < -0.3 is 9.84 Å². The second kappa shape index (κ2) is 6.77. The number of amides is 1. The summed E-state index contributed by atoms with van der Waals surface area (Å²) in [5.74, 6) is 0.945. The smallest absolute Gasteiger partial charge is 0.250 e. The maximum atomic E-state index is 12.7. The number of nitrogens with one attached hydrogen (secondary N) is 1. The first-order valence-electron chi connectivity index (χ1n) is 9.26. The summed E-state index contributed by atoms with van der Waals surface area (Å²) in [6.07, 6.45) is 3.51. The topological polar surface area (TPSA) is 127 Å². The van der Waals surface area contributed by atoms with E-state index >= 15 is 0 Å². The van der Waals surface area contributed by atoms with E-state index in [9.17, 15) is 13.2 Å². The van der Waals surface area contributed by atoms with E-state index in [4.69, 9.17) is 4.52 Å². The lowest BCUT2D eigenvalue weighted by molar-refractivity contribution is -0.120. The average molecular weight is 403 g/mol. The van der Waals surface area contributed by atoms with Crippen LogP contribution in [0.1, 0.15) is 51.1 Å². The van der Waals surface area contributed by atoms with E-state index in [1.165, 1.54) is 12.3 Å². The third kappa shape index (κ3) is 3.32. The maximum absolute atomic E-state index is 12.7. The van der Waals surface area contributed by atoms with Crippen molar-refractivity contribution < 1.29 is 17.7 Å².